The maximum Gasteiger partial charge on any atom is 0.241 e. The highest BCUT2D eigenvalue weighted by Crippen LogP contribution is 2.17. The largest absolute Gasteiger partial charge is 0.444 e. The fourth-order valence-electron chi connectivity index (χ4n) is 1.77. The van der Waals surface area contributed by atoms with Crippen LogP contribution in [0.15, 0.2) is 33.7 Å². The van der Waals surface area contributed by atoms with E-state index in [1.165, 1.54) is 18.3 Å². The molecule has 8 heteroatoms. The summed E-state index contributed by atoms with van der Waals surface area (Å²) < 4.78 is 45.3. The number of sulfonamides is 1. The fourth-order valence-corrected chi connectivity index (χ4v) is 3.01. The third-order valence-electron chi connectivity index (χ3n) is 2.90. The minimum Gasteiger partial charge on any atom is -0.444 e. The quantitative estimate of drug-likeness (QED) is 0.838. The van der Waals surface area contributed by atoms with E-state index in [2.05, 4.69) is 9.71 Å². The monoisotopic (exact) mass is 313 g/mol. The lowest BCUT2D eigenvalue weighted by molar-refractivity contribution is 0.452. The summed E-state index contributed by atoms with van der Waals surface area (Å²) in [6, 6.07) is 3.46. The summed E-state index contributed by atoms with van der Waals surface area (Å²) in [6.07, 6.45) is 2.21. The second kappa shape index (κ2) is 6.33. The van der Waals surface area contributed by atoms with Crippen LogP contribution in [-0.4, -0.2) is 13.4 Å². The Balaban J connectivity index is 2.20. The van der Waals surface area contributed by atoms with Crippen LogP contribution in [0.25, 0.3) is 0 Å². The highest BCUT2D eigenvalue weighted by atomic mass is 32.2. The van der Waals surface area contributed by atoms with E-state index in [1.54, 1.807) is 0 Å². The average Bonchev–Trinajstić information content (AvgIpc) is 2.93. The van der Waals surface area contributed by atoms with Gasteiger partial charge in [0.15, 0.2) is 0 Å². The molecule has 114 valence electrons. The van der Waals surface area contributed by atoms with Gasteiger partial charge in [-0.25, -0.2) is 22.5 Å². The van der Waals surface area contributed by atoms with E-state index in [4.69, 9.17) is 10.2 Å². The van der Waals surface area contributed by atoms with Crippen molar-refractivity contribution < 1.29 is 17.2 Å². The van der Waals surface area contributed by atoms with Gasteiger partial charge < -0.3 is 10.2 Å². The first-order valence-electron chi connectivity index (χ1n) is 6.38. The molecule has 2 rings (SSSR count). The zero-order chi connectivity index (χ0) is 15.5. The van der Waals surface area contributed by atoms with Crippen molar-refractivity contribution in [3.05, 3.63) is 47.4 Å². The molecule has 0 saturated carbocycles. The number of hydrogen-bond donors (Lipinski definition) is 2. The Morgan fingerprint density at radius 3 is 2.81 bits per heavy atom. The number of oxazole rings is 1. The van der Waals surface area contributed by atoms with Crippen LogP contribution in [0.5, 0.6) is 0 Å². The smallest absolute Gasteiger partial charge is 0.241 e. The highest BCUT2D eigenvalue weighted by Gasteiger charge is 2.19. The molecule has 0 radical (unpaired) electrons. The Morgan fingerprint density at radius 1 is 1.43 bits per heavy atom. The predicted molar refractivity (Wildman–Crippen MR) is 74.2 cm³/mol. The van der Waals surface area contributed by atoms with E-state index in [0.29, 0.717) is 17.7 Å². The molecular formula is C13H16FN3O3S. The Labute approximate surface area is 122 Å². The number of nitrogens with zero attached hydrogens (tertiary/aromatic N) is 1. The molecule has 0 aliphatic carbocycles. The van der Waals surface area contributed by atoms with Crippen molar-refractivity contribution in [1.82, 2.24) is 9.71 Å². The van der Waals surface area contributed by atoms with Gasteiger partial charge in [-0.3, -0.25) is 0 Å². The molecule has 2 aromatic rings. The molecule has 21 heavy (non-hydrogen) atoms. The molecule has 0 aliphatic heterocycles. The standard InChI is InChI=1S/C13H16FN3O3S/c1-2-11-7-16-13(20-11)8-17-21(18,19)12-5-10(14)4-3-9(12)6-15/h3-5,7,17H,2,6,8,15H2,1H3. The Kier molecular flexibility index (Phi) is 4.71. The lowest BCUT2D eigenvalue weighted by atomic mass is 10.2. The summed E-state index contributed by atoms with van der Waals surface area (Å²) in [7, 11) is -3.89. The zero-order valence-electron chi connectivity index (χ0n) is 11.5. The van der Waals surface area contributed by atoms with E-state index in [1.807, 2.05) is 6.92 Å². The van der Waals surface area contributed by atoms with Gasteiger partial charge in [0.25, 0.3) is 0 Å². The molecule has 0 unspecified atom stereocenters. The number of aryl methyl sites for hydroxylation is 1. The summed E-state index contributed by atoms with van der Waals surface area (Å²) in [6.45, 7) is 1.78. The lowest BCUT2D eigenvalue weighted by Crippen LogP contribution is -2.25. The third-order valence-corrected chi connectivity index (χ3v) is 4.39. The van der Waals surface area contributed by atoms with Crippen molar-refractivity contribution in [2.45, 2.75) is 31.3 Å². The molecule has 3 N–H and O–H groups in total. The molecule has 1 aromatic carbocycles. The number of benzene rings is 1. The van der Waals surface area contributed by atoms with Crippen molar-refractivity contribution in [3.63, 3.8) is 0 Å². The van der Waals surface area contributed by atoms with Gasteiger partial charge >= 0.3 is 0 Å². The molecule has 0 amide bonds. The molecule has 0 spiro atoms. The Bertz CT molecular complexity index is 728. The summed E-state index contributed by atoms with van der Waals surface area (Å²) in [5.74, 6) is 0.274. The second-order valence-electron chi connectivity index (χ2n) is 4.35. The van der Waals surface area contributed by atoms with Crippen LogP contribution in [0.4, 0.5) is 4.39 Å². The number of aromatic nitrogens is 1. The zero-order valence-corrected chi connectivity index (χ0v) is 12.3. The van der Waals surface area contributed by atoms with Crippen LogP contribution >= 0.6 is 0 Å². The first-order valence-corrected chi connectivity index (χ1v) is 7.86. The first-order chi connectivity index (χ1) is 9.96. The summed E-state index contributed by atoms with van der Waals surface area (Å²) in [5.41, 5.74) is 5.82. The minimum atomic E-state index is -3.89. The van der Waals surface area contributed by atoms with Gasteiger partial charge in [-0.15, -0.1) is 0 Å². The molecular weight excluding hydrogens is 297 g/mol. The highest BCUT2D eigenvalue weighted by molar-refractivity contribution is 7.89. The van der Waals surface area contributed by atoms with E-state index in [9.17, 15) is 12.8 Å². The Morgan fingerprint density at radius 2 is 2.19 bits per heavy atom. The van der Waals surface area contributed by atoms with E-state index in [-0.39, 0.29) is 23.9 Å². The van der Waals surface area contributed by atoms with Gasteiger partial charge in [0, 0.05) is 13.0 Å². The van der Waals surface area contributed by atoms with Crippen LogP contribution in [0.3, 0.4) is 0 Å². The predicted octanol–water partition coefficient (Wildman–Crippen LogP) is 1.31. The van der Waals surface area contributed by atoms with Crippen molar-refractivity contribution in [1.29, 1.82) is 0 Å². The topological polar surface area (TPSA) is 98.2 Å². The molecule has 1 heterocycles. The average molecular weight is 313 g/mol. The molecule has 0 bridgehead atoms. The molecule has 1 aromatic heterocycles. The summed E-state index contributed by atoms with van der Waals surface area (Å²) >= 11 is 0. The van der Waals surface area contributed by atoms with Crippen LogP contribution in [0.1, 0.15) is 24.1 Å². The van der Waals surface area contributed by atoms with Crippen molar-refractivity contribution in [3.8, 4) is 0 Å². The van der Waals surface area contributed by atoms with Gasteiger partial charge in [-0.05, 0) is 17.7 Å². The van der Waals surface area contributed by atoms with Gasteiger partial charge in [-0.1, -0.05) is 13.0 Å². The molecule has 6 nitrogen and oxygen atoms in total. The van der Waals surface area contributed by atoms with Gasteiger partial charge in [0.05, 0.1) is 17.6 Å². The lowest BCUT2D eigenvalue weighted by Gasteiger charge is -2.09. The molecule has 0 saturated heterocycles. The summed E-state index contributed by atoms with van der Waals surface area (Å²) in [5, 5.41) is 0. The van der Waals surface area contributed by atoms with Crippen molar-refractivity contribution in [2.75, 3.05) is 0 Å². The van der Waals surface area contributed by atoms with Gasteiger partial charge in [-0.2, -0.15) is 0 Å². The number of halogens is 1. The summed E-state index contributed by atoms with van der Waals surface area (Å²) in [4.78, 5) is 3.78. The third kappa shape index (κ3) is 3.66. The Hall–Kier alpha value is -1.77. The van der Waals surface area contributed by atoms with Crippen molar-refractivity contribution in [2.24, 2.45) is 5.73 Å². The molecule has 0 aliphatic rings. The van der Waals surface area contributed by atoms with E-state index < -0.39 is 15.8 Å². The van der Waals surface area contributed by atoms with Gasteiger partial charge in [0.1, 0.15) is 11.6 Å². The van der Waals surface area contributed by atoms with Crippen molar-refractivity contribution >= 4 is 10.0 Å². The normalized spacial score (nSPS) is 11.8. The van der Waals surface area contributed by atoms with E-state index >= 15 is 0 Å². The number of nitrogens with one attached hydrogen (secondary N) is 1. The number of rotatable bonds is 6. The first kappa shape index (κ1) is 15.6. The molecule has 0 fully saturated rings. The van der Waals surface area contributed by atoms with Crippen LogP contribution in [0, 0.1) is 5.82 Å². The number of nitrogens with two attached hydrogens (primary N) is 1. The fraction of sp³-hybridized carbons (Fsp3) is 0.308. The molecule has 0 atom stereocenters. The number of hydrogen-bond acceptors (Lipinski definition) is 5. The van der Waals surface area contributed by atoms with Crippen LogP contribution < -0.4 is 10.5 Å². The maximum absolute atomic E-state index is 13.3. The van der Waals surface area contributed by atoms with Crippen LogP contribution in [0.2, 0.25) is 0 Å². The minimum absolute atomic E-state index is 0.00446. The van der Waals surface area contributed by atoms with Gasteiger partial charge in [0.2, 0.25) is 15.9 Å². The maximum atomic E-state index is 13.3. The van der Waals surface area contributed by atoms with Crippen LogP contribution in [-0.2, 0) is 29.5 Å². The van der Waals surface area contributed by atoms with E-state index in [0.717, 1.165) is 6.07 Å². The SMILES string of the molecule is CCc1cnc(CNS(=O)(=O)c2cc(F)ccc2CN)o1. The second-order valence-corrected chi connectivity index (χ2v) is 6.09.